The predicted octanol–water partition coefficient (Wildman–Crippen LogP) is 3.48. The van der Waals surface area contributed by atoms with Crippen LogP contribution in [0.4, 0.5) is 5.69 Å². The molecule has 0 atom stereocenters. The van der Waals surface area contributed by atoms with Crippen molar-refractivity contribution >= 4 is 29.1 Å². The molecule has 6 nitrogen and oxygen atoms in total. The summed E-state index contributed by atoms with van der Waals surface area (Å²) in [6.45, 7) is 4.94. The number of benzene rings is 1. The number of amides is 2. The minimum Gasteiger partial charge on any atom is -0.495 e. The van der Waals surface area contributed by atoms with Crippen molar-refractivity contribution in [3.8, 4) is 5.75 Å². The Kier molecular flexibility index (Phi) is 6.36. The molecule has 2 rings (SSSR count). The zero-order valence-electron chi connectivity index (χ0n) is 14.4. The van der Waals surface area contributed by atoms with Crippen LogP contribution in [-0.2, 0) is 0 Å². The lowest BCUT2D eigenvalue weighted by molar-refractivity contribution is 0.0767. The van der Waals surface area contributed by atoms with E-state index in [-0.39, 0.29) is 17.5 Å². The molecule has 2 aromatic rings. The van der Waals surface area contributed by atoms with Gasteiger partial charge in [-0.05, 0) is 44.2 Å². The number of carbonyl (C=O) groups excluding carboxylic acids is 2. The maximum absolute atomic E-state index is 12.5. The van der Waals surface area contributed by atoms with Gasteiger partial charge in [0, 0.05) is 29.9 Å². The maximum atomic E-state index is 12.5. The van der Waals surface area contributed by atoms with E-state index in [4.69, 9.17) is 16.3 Å². The van der Waals surface area contributed by atoms with Gasteiger partial charge in [0.1, 0.15) is 11.4 Å². The van der Waals surface area contributed by atoms with Gasteiger partial charge in [-0.1, -0.05) is 11.6 Å². The van der Waals surface area contributed by atoms with Crippen molar-refractivity contribution in [3.05, 3.63) is 52.8 Å². The smallest absolute Gasteiger partial charge is 0.272 e. The van der Waals surface area contributed by atoms with Crippen LogP contribution >= 0.6 is 11.6 Å². The SMILES string of the molecule is CCN(CC)C(=O)c1cc(C(=O)Nc2cc(Cl)ccc2OC)ccn1. The van der Waals surface area contributed by atoms with Crippen LogP contribution in [0.25, 0.3) is 0 Å². The molecule has 1 heterocycles. The molecule has 1 aromatic carbocycles. The average Bonchev–Trinajstić information content (AvgIpc) is 2.63. The van der Waals surface area contributed by atoms with Crippen molar-refractivity contribution in [2.75, 3.05) is 25.5 Å². The van der Waals surface area contributed by atoms with Crippen molar-refractivity contribution in [1.82, 2.24) is 9.88 Å². The van der Waals surface area contributed by atoms with Crippen molar-refractivity contribution in [1.29, 1.82) is 0 Å². The number of hydrogen-bond donors (Lipinski definition) is 1. The van der Waals surface area contributed by atoms with Gasteiger partial charge in [0.25, 0.3) is 11.8 Å². The number of anilines is 1. The van der Waals surface area contributed by atoms with Crippen LogP contribution < -0.4 is 10.1 Å². The average molecular weight is 362 g/mol. The molecule has 0 bridgehead atoms. The fraction of sp³-hybridized carbons (Fsp3) is 0.278. The van der Waals surface area contributed by atoms with Crippen LogP contribution in [0.15, 0.2) is 36.5 Å². The highest BCUT2D eigenvalue weighted by atomic mass is 35.5. The van der Waals surface area contributed by atoms with E-state index in [9.17, 15) is 9.59 Å². The summed E-state index contributed by atoms with van der Waals surface area (Å²) in [4.78, 5) is 30.6. The standard InChI is InChI=1S/C18H20ClN3O3/c1-4-22(5-2)18(24)15-10-12(8-9-20-15)17(23)21-14-11-13(19)6-7-16(14)25-3/h6-11H,4-5H2,1-3H3,(H,21,23). The number of hydrogen-bond acceptors (Lipinski definition) is 4. The molecule has 1 N–H and O–H groups in total. The predicted molar refractivity (Wildman–Crippen MR) is 97.4 cm³/mol. The first-order valence-corrected chi connectivity index (χ1v) is 8.28. The summed E-state index contributed by atoms with van der Waals surface area (Å²) in [5, 5.41) is 3.22. The van der Waals surface area contributed by atoms with Crippen LogP contribution in [0.2, 0.25) is 5.02 Å². The first kappa shape index (κ1) is 18.7. The third-order valence-electron chi connectivity index (χ3n) is 3.70. The van der Waals surface area contributed by atoms with Crippen molar-refractivity contribution in [3.63, 3.8) is 0 Å². The van der Waals surface area contributed by atoms with Crippen LogP contribution in [-0.4, -0.2) is 41.9 Å². The van der Waals surface area contributed by atoms with E-state index in [0.717, 1.165) is 0 Å². The van der Waals surface area contributed by atoms with Gasteiger partial charge in [-0.2, -0.15) is 0 Å². The van der Waals surface area contributed by atoms with Crippen molar-refractivity contribution in [2.45, 2.75) is 13.8 Å². The number of halogens is 1. The van der Waals surface area contributed by atoms with E-state index in [1.54, 1.807) is 29.2 Å². The lowest BCUT2D eigenvalue weighted by Gasteiger charge is -2.18. The first-order chi connectivity index (χ1) is 12.0. The van der Waals surface area contributed by atoms with Crippen LogP contribution in [0.1, 0.15) is 34.7 Å². The summed E-state index contributed by atoms with van der Waals surface area (Å²) in [7, 11) is 1.51. The zero-order valence-corrected chi connectivity index (χ0v) is 15.1. The lowest BCUT2D eigenvalue weighted by atomic mass is 10.2. The number of nitrogens with one attached hydrogen (secondary N) is 1. The van der Waals surface area contributed by atoms with E-state index >= 15 is 0 Å². The van der Waals surface area contributed by atoms with Gasteiger partial charge in [0.2, 0.25) is 0 Å². The zero-order chi connectivity index (χ0) is 18.4. The molecule has 0 aliphatic rings. The summed E-state index contributed by atoms with van der Waals surface area (Å²) >= 11 is 5.97. The Labute approximate surface area is 151 Å². The Bertz CT molecular complexity index is 776. The molecule has 25 heavy (non-hydrogen) atoms. The number of nitrogens with zero attached hydrogens (tertiary/aromatic N) is 2. The number of pyridine rings is 1. The largest absolute Gasteiger partial charge is 0.495 e. The molecule has 0 aliphatic heterocycles. The first-order valence-electron chi connectivity index (χ1n) is 7.90. The molecule has 0 unspecified atom stereocenters. The topological polar surface area (TPSA) is 71.5 Å². The highest BCUT2D eigenvalue weighted by Gasteiger charge is 2.17. The molecule has 0 saturated heterocycles. The summed E-state index contributed by atoms with van der Waals surface area (Å²) in [6.07, 6.45) is 1.45. The molecule has 0 fully saturated rings. The molecule has 7 heteroatoms. The van der Waals surface area contributed by atoms with E-state index < -0.39 is 0 Å². The molecule has 0 saturated carbocycles. The summed E-state index contributed by atoms with van der Waals surface area (Å²) in [6, 6.07) is 7.96. The number of rotatable bonds is 6. The Morgan fingerprint density at radius 2 is 1.92 bits per heavy atom. The summed E-state index contributed by atoms with van der Waals surface area (Å²) in [5.41, 5.74) is 1.01. The van der Waals surface area contributed by atoms with Gasteiger partial charge in [0.05, 0.1) is 12.8 Å². The number of carbonyl (C=O) groups is 2. The fourth-order valence-electron chi connectivity index (χ4n) is 2.33. The second kappa shape index (κ2) is 8.48. The molecular weight excluding hydrogens is 342 g/mol. The third kappa shape index (κ3) is 4.48. The number of methoxy groups -OCH3 is 1. The highest BCUT2D eigenvalue weighted by molar-refractivity contribution is 6.31. The Balaban J connectivity index is 2.25. The van der Waals surface area contributed by atoms with E-state index in [1.165, 1.54) is 19.4 Å². The van der Waals surface area contributed by atoms with Gasteiger partial charge in [-0.3, -0.25) is 14.6 Å². The maximum Gasteiger partial charge on any atom is 0.272 e. The van der Waals surface area contributed by atoms with Gasteiger partial charge < -0.3 is 15.0 Å². The number of ether oxygens (including phenoxy) is 1. The molecule has 0 radical (unpaired) electrons. The Morgan fingerprint density at radius 1 is 1.20 bits per heavy atom. The van der Waals surface area contributed by atoms with Crippen molar-refractivity contribution in [2.24, 2.45) is 0 Å². The molecule has 0 spiro atoms. The van der Waals surface area contributed by atoms with E-state index in [0.29, 0.717) is 35.1 Å². The summed E-state index contributed by atoms with van der Waals surface area (Å²) in [5.74, 6) is -0.0946. The van der Waals surface area contributed by atoms with Crippen molar-refractivity contribution < 1.29 is 14.3 Å². The van der Waals surface area contributed by atoms with E-state index in [1.807, 2.05) is 13.8 Å². The highest BCUT2D eigenvalue weighted by Crippen LogP contribution is 2.28. The van der Waals surface area contributed by atoms with Gasteiger partial charge >= 0.3 is 0 Å². The van der Waals surface area contributed by atoms with Crippen LogP contribution in [0.3, 0.4) is 0 Å². The number of aromatic nitrogens is 1. The van der Waals surface area contributed by atoms with Gasteiger partial charge in [-0.25, -0.2) is 0 Å². The lowest BCUT2D eigenvalue weighted by Crippen LogP contribution is -2.31. The molecule has 1 aromatic heterocycles. The second-order valence-corrected chi connectivity index (χ2v) is 5.64. The third-order valence-corrected chi connectivity index (χ3v) is 3.94. The normalized spacial score (nSPS) is 10.2. The minimum absolute atomic E-state index is 0.208. The molecular formula is C18H20ClN3O3. The minimum atomic E-state index is -0.378. The van der Waals surface area contributed by atoms with E-state index in [2.05, 4.69) is 10.3 Å². The monoisotopic (exact) mass is 361 g/mol. The van der Waals surface area contributed by atoms with Crippen LogP contribution in [0, 0.1) is 0 Å². The van der Waals surface area contributed by atoms with Crippen LogP contribution in [0.5, 0.6) is 5.75 Å². The summed E-state index contributed by atoms with van der Waals surface area (Å²) < 4.78 is 5.21. The Hall–Kier alpha value is -2.60. The van der Waals surface area contributed by atoms with Gasteiger partial charge in [-0.15, -0.1) is 0 Å². The molecule has 0 aliphatic carbocycles. The molecule has 2 amide bonds. The van der Waals surface area contributed by atoms with Gasteiger partial charge in [0.15, 0.2) is 0 Å². The Morgan fingerprint density at radius 3 is 2.56 bits per heavy atom. The quantitative estimate of drug-likeness (QED) is 0.855. The second-order valence-electron chi connectivity index (χ2n) is 5.21. The fourth-order valence-corrected chi connectivity index (χ4v) is 2.51. The molecule has 132 valence electrons.